The zero-order valence-corrected chi connectivity index (χ0v) is 10.1. The van der Waals surface area contributed by atoms with Gasteiger partial charge in [-0.3, -0.25) is 0 Å². The number of carbonyl (C=O) groups is 1. The third-order valence-corrected chi connectivity index (χ3v) is 3.29. The molecule has 0 fully saturated rings. The van der Waals surface area contributed by atoms with E-state index in [1.807, 2.05) is 12.1 Å². The summed E-state index contributed by atoms with van der Waals surface area (Å²) in [5.74, 6) is -0.337. The number of fused-ring (bicyclic) bond motifs is 1. The van der Waals surface area contributed by atoms with Gasteiger partial charge < -0.3 is 5.11 Å². The summed E-state index contributed by atoms with van der Waals surface area (Å²) < 4.78 is 0. The summed E-state index contributed by atoms with van der Waals surface area (Å²) in [7, 11) is 0. The van der Waals surface area contributed by atoms with E-state index in [0.29, 0.717) is 11.5 Å². The lowest BCUT2D eigenvalue weighted by Gasteiger charge is -2.10. The maximum Gasteiger partial charge on any atom is 0.335 e. The Morgan fingerprint density at radius 1 is 1.18 bits per heavy atom. The van der Waals surface area contributed by atoms with Gasteiger partial charge in [-0.25, -0.2) is 4.79 Å². The van der Waals surface area contributed by atoms with E-state index in [9.17, 15) is 4.79 Å². The highest BCUT2D eigenvalue weighted by Gasteiger charge is 2.06. The molecule has 0 aliphatic carbocycles. The molecule has 2 aromatic rings. The highest BCUT2D eigenvalue weighted by atomic mass is 16.4. The molecule has 0 saturated carbocycles. The third-order valence-electron chi connectivity index (χ3n) is 3.29. The van der Waals surface area contributed by atoms with Crippen LogP contribution in [0.1, 0.15) is 42.1 Å². The maximum absolute atomic E-state index is 10.9. The standard InChI is InChI=1S/C15H16O2/c1-3-10(2)11-4-5-13-9-14(15(16)17)7-6-12(13)8-11/h4-10H,3H2,1-2H3,(H,16,17). The van der Waals surface area contributed by atoms with E-state index in [1.54, 1.807) is 12.1 Å². The summed E-state index contributed by atoms with van der Waals surface area (Å²) in [5, 5.41) is 11.0. The summed E-state index contributed by atoms with van der Waals surface area (Å²) in [6.45, 7) is 4.37. The fourth-order valence-corrected chi connectivity index (χ4v) is 1.94. The molecule has 0 aliphatic rings. The molecular formula is C15H16O2. The minimum Gasteiger partial charge on any atom is -0.478 e. The Morgan fingerprint density at radius 3 is 2.47 bits per heavy atom. The van der Waals surface area contributed by atoms with Crippen molar-refractivity contribution in [2.75, 3.05) is 0 Å². The SMILES string of the molecule is CCC(C)c1ccc2cc(C(=O)O)ccc2c1. The summed E-state index contributed by atoms with van der Waals surface area (Å²) in [6.07, 6.45) is 1.11. The van der Waals surface area contributed by atoms with Crippen LogP contribution in [-0.2, 0) is 0 Å². The summed E-state index contributed by atoms with van der Waals surface area (Å²) in [5.41, 5.74) is 1.65. The molecule has 0 bridgehead atoms. The highest BCUT2D eigenvalue weighted by Crippen LogP contribution is 2.24. The van der Waals surface area contributed by atoms with Crippen molar-refractivity contribution in [3.63, 3.8) is 0 Å². The van der Waals surface area contributed by atoms with E-state index in [-0.39, 0.29) is 0 Å². The monoisotopic (exact) mass is 228 g/mol. The van der Waals surface area contributed by atoms with E-state index in [2.05, 4.69) is 26.0 Å². The van der Waals surface area contributed by atoms with Crippen LogP contribution in [0.3, 0.4) is 0 Å². The Hall–Kier alpha value is -1.83. The molecule has 0 amide bonds. The van der Waals surface area contributed by atoms with Crippen LogP contribution >= 0.6 is 0 Å². The van der Waals surface area contributed by atoms with E-state index in [0.717, 1.165) is 17.2 Å². The highest BCUT2D eigenvalue weighted by molar-refractivity contribution is 5.94. The first-order valence-corrected chi connectivity index (χ1v) is 5.89. The molecule has 0 saturated heterocycles. The Labute approximate surface area is 101 Å². The predicted molar refractivity (Wildman–Crippen MR) is 69.6 cm³/mol. The fraction of sp³-hybridized carbons (Fsp3) is 0.267. The number of carboxylic acid groups (broad SMARTS) is 1. The zero-order chi connectivity index (χ0) is 12.4. The van der Waals surface area contributed by atoms with E-state index < -0.39 is 5.97 Å². The Morgan fingerprint density at radius 2 is 1.82 bits per heavy atom. The van der Waals surface area contributed by atoms with Crippen LogP contribution in [-0.4, -0.2) is 11.1 Å². The van der Waals surface area contributed by atoms with Crippen molar-refractivity contribution in [2.45, 2.75) is 26.2 Å². The van der Waals surface area contributed by atoms with Crippen LogP contribution < -0.4 is 0 Å². The first-order chi connectivity index (χ1) is 8.11. The van der Waals surface area contributed by atoms with Crippen LogP contribution in [0.4, 0.5) is 0 Å². The van der Waals surface area contributed by atoms with Gasteiger partial charge in [0.15, 0.2) is 0 Å². The Kier molecular flexibility index (Phi) is 3.14. The van der Waals surface area contributed by atoms with Crippen LogP contribution in [0.2, 0.25) is 0 Å². The van der Waals surface area contributed by atoms with Gasteiger partial charge in [-0.05, 0) is 40.8 Å². The lowest BCUT2D eigenvalue weighted by molar-refractivity contribution is 0.0697. The van der Waals surface area contributed by atoms with Crippen LogP contribution in [0, 0.1) is 0 Å². The van der Waals surface area contributed by atoms with Crippen molar-refractivity contribution in [2.24, 2.45) is 0 Å². The molecule has 2 heteroatoms. The number of aromatic carboxylic acids is 1. The molecule has 2 aromatic carbocycles. The van der Waals surface area contributed by atoms with Gasteiger partial charge in [-0.15, -0.1) is 0 Å². The number of carboxylic acids is 1. The number of hydrogen-bond acceptors (Lipinski definition) is 1. The number of benzene rings is 2. The van der Waals surface area contributed by atoms with Gasteiger partial charge in [0.2, 0.25) is 0 Å². The second-order valence-electron chi connectivity index (χ2n) is 4.44. The number of rotatable bonds is 3. The van der Waals surface area contributed by atoms with Crippen molar-refractivity contribution in [1.29, 1.82) is 0 Å². The quantitative estimate of drug-likeness (QED) is 0.860. The molecule has 88 valence electrons. The van der Waals surface area contributed by atoms with Gasteiger partial charge in [-0.2, -0.15) is 0 Å². The fourth-order valence-electron chi connectivity index (χ4n) is 1.94. The van der Waals surface area contributed by atoms with Gasteiger partial charge in [-0.1, -0.05) is 38.1 Å². The predicted octanol–water partition coefficient (Wildman–Crippen LogP) is 4.05. The smallest absolute Gasteiger partial charge is 0.335 e. The molecule has 1 atom stereocenters. The topological polar surface area (TPSA) is 37.3 Å². The molecule has 2 rings (SSSR count). The average Bonchev–Trinajstić information content (AvgIpc) is 2.36. The maximum atomic E-state index is 10.9. The van der Waals surface area contributed by atoms with E-state index >= 15 is 0 Å². The summed E-state index contributed by atoms with van der Waals surface area (Å²) in [6, 6.07) is 11.5. The lowest BCUT2D eigenvalue weighted by Crippen LogP contribution is -1.96. The molecule has 1 unspecified atom stereocenters. The number of hydrogen-bond donors (Lipinski definition) is 1. The van der Waals surface area contributed by atoms with Crippen LogP contribution in [0.15, 0.2) is 36.4 Å². The zero-order valence-electron chi connectivity index (χ0n) is 10.1. The molecule has 0 radical (unpaired) electrons. The van der Waals surface area contributed by atoms with Crippen molar-refractivity contribution in [3.05, 3.63) is 47.5 Å². The van der Waals surface area contributed by atoms with Crippen molar-refractivity contribution in [3.8, 4) is 0 Å². The second kappa shape index (κ2) is 4.58. The third kappa shape index (κ3) is 2.31. The molecular weight excluding hydrogens is 212 g/mol. The largest absolute Gasteiger partial charge is 0.478 e. The van der Waals surface area contributed by atoms with Crippen molar-refractivity contribution < 1.29 is 9.90 Å². The molecule has 2 nitrogen and oxygen atoms in total. The average molecular weight is 228 g/mol. The molecule has 0 aromatic heterocycles. The molecule has 1 N–H and O–H groups in total. The van der Waals surface area contributed by atoms with Crippen molar-refractivity contribution >= 4 is 16.7 Å². The molecule has 0 aliphatic heterocycles. The normalized spacial score (nSPS) is 12.6. The van der Waals surface area contributed by atoms with Crippen molar-refractivity contribution in [1.82, 2.24) is 0 Å². The van der Waals surface area contributed by atoms with E-state index in [4.69, 9.17) is 5.11 Å². The summed E-state index contributed by atoms with van der Waals surface area (Å²) >= 11 is 0. The Bertz CT molecular complexity index is 558. The second-order valence-corrected chi connectivity index (χ2v) is 4.44. The van der Waals surface area contributed by atoms with Crippen LogP contribution in [0.5, 0.6) is 0 Å². The lowest BCUT2D eigenvalue weighted by atomic mass is 9.95. The summed E-state index contributed by atoms with van der Waals surface area (Å²) in [4.78, 5) is 10.9. The van der Waals surface area contributed by atoms with Gasteiger partial charge in [0, 0.05) is 0 Å². The van der Waals surface area contributed by atoms with Gasteiger partial charge >= 0.3 is 5.97 Å². The van der Waals surface area contributed by atoms with E-state index in [1.165, 1.54) is 5.56 Å². The molecule has 0 heterocycles. The minimum atomic E-state index is -0.877. The first kappa shape index (κ1) is 11.6. The Balaban J connectivity index is 2.50. The van der Waals surface area contributed by atoms with Gasteiger partial charge in [0.05, 0.1) is 5.56 Å². The minimum absolute atomic E-state index is 0.341. The van der Waals surface area contributed by atoms with Crippen LogP contribution in [0.25, 0.3) is 10.8 Å². The first-order valence-electron chi connectivity index (χ1n) is 5.89. The van der Waals surface area contributed by atoms with Gasteiger partial charge in [0.1, 0.15) is 0 Å². The molecule has 17 heavy (non-hydrogen) atoms. The molecule has 0 spiro atoms. The van der Waals surface area contributed by atoms with Gasteiger partial charge in [0.25, 0.3) is 0 Å².